The number of nitrogens with zero attached hydrogens (tertiary/aromatic N) is 2. The smallest absolute Gasteiger partial charge is 0.264 e. The average molecular weight is 342 g/mol. The van der Waals surface area contributed by atoms with Crippen LogP contribution in [0.1, 0.15) is 6.92 Å². The van der Waals surface area contributed by atoms with Crippen LogP contribution in [-0.2, 0) is 11.3 Å². The van der Waals surface area contributed by atoms with Crippen molar-refractivity contribution in [2.24, 2.45) is 5.92 Å². The van der Waals surface area contributed by atoms with E-state index in [9.17, 15) is 14.0 Å². The minimum absolute atomic E-state index is 0.0778. The molecule has 0 saturated heterocycles. The Hall–Kier alpha value is -1.76. The molecule has 1 heterocycles. The first-order valence-corrected chi connectivity index (χ1v) is 6.79. The summed E-state index contributed by atoms with van der Waals surface area (Å²) < 4.78 is 15.5. The summed E-state index contributed by atoms with van der Waals surface area (Å²) in [6.45, 7) is 1.83. The van der Waals surface area contributed by atoms with E-state index in [0.29, 0.717) is 5.52 Å². The number of benzene rings is 1. The molecule has 0 saturated carbocycles. The molecule has 1 N–H and O–H groups in total. The van der Waals surface area contributed by atoms with Gasteiger partial charge in [0.1, 0.15) is 5.39 Å². The van der Waals surface area contributed by atoms with E-state index >= 15 is 0 Å². The van der Waals surface area contributed by atoms with Crippen LogP contribution in [-0.4, -0.2) is 22.5 Å². The summed E-state index contributed by atoms with van der Waals surface area (Å²) in [5, 5.41) is 2.43. The largest absolute Gasteiger partial charge is 0.359 e. The number of halogens is 2. The van der Waals surface area contributed by atoms with Gasteiger partial charge < -0.3 is 5.32 Å². The number of carbonyl (C=O) groups excluding carboxylic acids is 1. The molecule has 1 aromatic heterocycles. The third-order valence-electron chi connectivity index (χ3n) is 3.05. The molecule has 106 valence electrons. The Bertz CT molecular complexity index is 729. The van der Waals surface area contributed by atoms with Crippen LogP contribution in [0.3, 0.4) is 0 Å². The molecule has 20 heavy (non-hydrogen) atoms. The zero-order valence-corrected chi connectivity index (χ0v) is 12.6. The summed E-state index contributed by atoms with van der Waals surface area (Å²) in [6, 6.07) is 3.07. The lowest BCUT2D eigenvalue weighted by Gasteiger charge is -2.12. The molecule has 0 spiro atoms. The maximum atomic E-state index is 14.0. The van der Waals surface area contributed by atoms with E-state index in [1.165, 1.54) is 24.0 Å². The van der Waals surface area contributed by atoms with Gasteiger partial charge in [0.2, 0.25) is 5.91 Å². The molecule has 1 unspecified atom stereocenters. The van der Waals surface area contributed by atoms with Crippen molar-refractivity contribution in [3.05, 3.63) is 39.1 Å². The summed E-state index contributed by atoms with van der Waals surface area (Å²) >= 11 is 3.05. The molecule has 0 fully saturated rings. The first-order valence-electron chi connectivity index (χ1n) is 6.00. The highest BCUT2D eigenvalue weighted by Gasteiger charge is 2.16. The Morgan fingerprint density at radius 3 is 2.90 bits per heavy atom. The van der Waals surface area contributed by atoms with Crippen LogP contribution < -0.4 is 10.9 Å². The number of rotatable bonds is 3. The van der Waals surface area contributed by atoms with E-state index in [0.717, 1.165) is 0 Å². The van der Waals surface area contributed by atoms with Gasteiger partial charge in [0.15, 0.2) is 5.82 Å². The summed E-state index contributed by atoms with van der Waals surface area (Å²) in [5.74, 6) is -1.24. The third kappa shape index (κ3) is 2.58. The van der Waals surface area contributed by atoms with Gasteiger partial charge in [-0.25, -0.2) is 9.37 Å². The predicted octanol–water partition coefficient (Wildman–Crippen LogP) is 1.68. The predicted molar refractivity (Wildman–Crippen MR) is 76.9 cm³/mol. The van der Waals surface area contributed by atoms with Gasteiger partial charge in [0.05, 0.1) is 22.2 Å². The van der Waals surface area contributed by atoms with Gasteiger partial charge in [0, 0.05) is 13.6 Å². The van der Waals surface area contributed by atoms with E-state index in [1.807, 2.05) is 0 Å². The van der Waals surface area contributed by atoms with Crippen LogP contribution in [0.15, 0.2) is 27.7 Å². The first kappa shape index (κ1) is 14.6. The fraction of sp³-hybridized carbons (Fsp3) is 0.308. The summed E-state index contributed by atoms with van der Waals surface area (Å²) in [6.07, 6.45) is 1.33. The van der Waals surface area contributed by atoms with Crippen molar-refractivity contribution >= 4 is 32.7 Å². The van der Waals surface area contributed by atoms with Crippen molar-refractivity contribution in [1.82, 2.24) is 14.9 Å². The molecule has 0 aliphatic rings. The molecule has 0 aliphatic heterocycles. The average Bonchev–Trinajstić information content (AvgIpc) is 2.44. The normalized spacial score (nSPS) is 12.4. The van der Waals surface area contributed by atoms with Crippen LogP contribution >= 0.6 is 15.9 Å². The Morgan fingerprint density at radius 2 is 2.25 bits per heavy atom. The zero-order chi connectivity index (χ0) is 14.9. The second kappa shape index (κ2) is 5.70. The van der Waals surface area contributed by atoms with E-state index in [4.69, 9.17) is 0 Å². The highest BCUT2D eigenvalue weighted by atomic mass is 79.9. The van der Waals surface area contributed by atoms with Crippen molar-refractivity contribution in [3.8, 4) is 0 Å². The van der Waals surface area contributed by atoms with Crippen molar-refractivity contribution in [2.75, 3.05) is 7.05 Å². The molecule has 7 heteroatoms. The van der Waals surface area contributed by atoms with Gasteiger partial charge in [-0.3, -0.25) is 14.2 Å². The molecule has 0 bridgehead atoms. The van der Waals surface area contributed by atoms with Crippen molar-refractivity contribution < 1.29 is 9.18 Å². The second-order valence-corrected chi connectivity index (χ2v) is 5.33. The van der Waals surface area contributed by atoms with Crippen LogP contribution in [0.2, 0.25) is 0 Å². The fourth-order valence-corrected chi connectivity index (χ4v) is 2.26. The van der Waals surface area contributed by atoms with E-state index in [-0.39, 0.29) is 22.3 Å². The lowest BCUT2D eigenvalue weighted by Crippen LogP contribution is -2.32. The lowest BCUT2D eigenvalue weighted by molar-refractivity contribution is -0.124. The van der Waals surface area contributed by atoms with Crippen LogP contribution in [0.4, 0.5) is 4.39 Å². The van der Waals surface area contributed by atoms with Crippen molar-refractivity contribution in [1.29, 1.82) is 0 Å². The number of fused-ring (bicyclic) bond motifs is 1. The second-order valence-electron chi connectivity index (χ2n) is 4.47. The first-order chi connectivity index (χ1) is 9.45. The minimum atomic E-state index is -0.637. The van der Waals surface area contributed by atoms with Crippen LogP contribution in [0, 0.1) is 11.7 Å². The zero-order valence-electron chi connectivity index (χ0n) is 11.0. The van der Waals surface area contributed by atoms with Gasteiger partial charge in [-0.05, 0) is 28.1 Å². The molecular weight excluding hydrogens is 329 g/mol. The third-order valence-corrected chi connectivity index (χ3v) is 3.66. The van der Waals surface area contributed by atoms with Crippen LogP contribution in [0.5, 0.6) is 0 Å². The molecule has 0 aliphatic carbocycles. The Labute approximate surface area is 122 Å². The minimum Gasteiger partial charge on any atom is -0.359 e. The number of hydrogen-bond acceptors (Lipinski definition) is 3. The van der Waals surface area contributed by atoms with Crippen molar-refractivity contribution in [2.45, 2.75) is 13.5 Å². The van der Waals surface area contributed by atoms with Gasteiger partial charge >= 0.3 is 0 Å². The topological polar surface area (TPSA) is 64.0 Å². The summed E-state index contributed by atoms with van der Waals surface area (Å²) in [5.41, 5.74) is -0.205. The van der Waals surface area contributed by atoms with Crippen LogP contribution in [0.25, 0.3) is 10.9 Å². The Kier molecular flexibility index (Phi) is 4.17. The molecule has 0 radical (unpaired) electrons. The quantitative estimate of drug-likeness (QED) is 0.923. The SMILES string of the molecule is CNC(=O)C(C)Cn1cnc2ccc(Br)c(F)c2c1=O. The molecular formula is C13H13BrFN3O2. The highest BCUT2D eigenvalue weighted by Crippen LogP contribution is 2.21. The van der Waals surface area contributed by atoms with Crippen molar-refractivity contribution in [3.63, 3.8) is 0 Å². The maximum Gasteiger partial charge on any atom is 0.264 e. The number of carbonyl (C=O) groups is 1. The Morgan fingerprint density at radius 1 is 1.55 bits per heavy atom. The highest BCUT2D eigenvalue weighted by molar-refractivity contribution is 9.10. The standard InChI is InChI=1S/C13H13BrFN3O2/c1-7(12(19)16-2)5-18-6-17-9-4-3-8(14)11(15)10(9)13(18)20/h3-4,6-7H,5H2,1-2H3,(H,16,19). The molecule has 2 aromatic rings. The molecule has 1 atom stereocenters. The summed E-state index contributed by atoms with van der Waals surface area (Å²) in [4.78, 5) is 27.8. The van der Waals surface area contributed by atoms with E-state index in [1.54, 1.807) is 13.0 Å². The van der Waals surface area contributed by atoms with Gasteiger partial charge in [0.25, 0.3) is 5.56 Å². The lowest BCUT2D eigenvalue weighted by atomic mass is 10.1. The van der Waals surface area contributed by atoms with E-state index < -0.39 is 17.3 Å². The van der Waals surface area contributed by atoms with Gasteiger partial charge in [-0.2, -0.15) is 0 Å². The summed E-state index contributed by atoms with van der Waals surface area (Å²) in [7, 11) is 1.52. The molecule has 1 amide bonds. The number of amides is 1. The monoisotopic (exact) mass is 341 g/mol. The molecule has 2 rings (SSSR count). The van der Waals surface area contributed by atoms with Gasteiger partial charge in [-0.1, -0.05) is 6.92 Å². The van der Waals surface area contributed by atoms with Gasteiger partial charge in [-0.15, -0.1) is 0 Å². The van der Waals surface area contributed by atoms with E-state index in [2.05, 4.69) is 26.2 Å². The Balaban J connectivity index is 2.52. The maximum absolute atomic E-state index is 14.0. The number of nitrogens with one attached hydrogen (secondary N) is 1. The number of aromatic nitrogens is 2. The molecule has 1 aromatic carbocycles. The molecule has 5 nitrogen and oxygen atoms in total. The fourth-order valence-electron chi connectivity index (χ4n) is 1.93. The number of hydrogen-bond donors (Lipinski definition) is 1.